The molecule has 0 radical (unpaired) electrons. The van der Waals surface area contributed by atoms with E-state index in [2.05, 4.69) is 5.32 Å². The molecular weight excluding hydrogens is 412 g/mol. The molecule has 0 saturated carbocycles. The van der Waals surface area contributed by atoms with E-state index in [9.17, 15) is 27.9 Å². The molecule has 10 heteroatoms. The average molecular weight is 432 g/mol. The van der Waals surface area contributed by atoms with E-state index in [1.807, 2.05) is 11.6 Å². The van der Waals surface area contributed by atoms with Crippen LogP contribution >= 0.6 is 0 Å². The Morgan fingerprint density at radius 1 is 1.03 bits per heavy atom. The van der Waals surface area contributed by atoms with E-state index in [-0.39, 0.29) is 10.6 Å². The van der Waals surface area contributed by atoms with Crippen LogP contribution < -0.4 is 14.8 Å². The number of nitrogens with one attached hydrogen (secondary N) is 2. The number of benzene rings is 2. The number of aliphatic hydroxyl groups excluding tert-OH is 1. The van der Waals surface area contributed by atoms with Crippen LogP contribution in [0.4, 0.5) is 5.69 Å². The van der Waals surface area contributed by atoms with Crippen LogP contribution in [0.1, 0.15) is 19.4 Å². The third-order valence-corrected chi connectivity index (χ3v) is 5.10. The van der Waals surface area contributed by atoms with Gasteiger partial charge in [0.2, 0.25) is 11.7 Å². The first-order chi connectivity index (χ1) is 14.1. The van der Waals surface area contributed by atoms with E-state index < -0.39 is 33.4 Å². The van der Waals surface area contributed by atoms with Gasteiger partial charge in [-0.05, 0) is 55.5 Å². The molecule has 3 N–H and O–H groups in total. The molecule has 0 aliphatic rings. The van der Waals surface area contributed by atoms with E-state index in [4.69, 9.17) is 4.74 Å². The molecule has 2 aromatic carbocycles. The molecule has 0 spiro atoms. The van der Waals surface area contributed by atoms with Crippen LogP contribution in [0.5, 0.6) is 5.75 Å². The number of anilines is 1. The smallest absolute Gasteiger partial charge is 0.296 e. The molecule has 2 aromatic rings. The summed E-state index contributed by atoms with van der Waals surface area (Å²) in [5.41, 5.74) is 0.483. The van der Waals surface area contributed by atoms with Crippen molar-refractivity contribution in [1.29, 1.82) is 0 Å². The van der Waals surface area contributed by atoms with Gasteiger partial charge in [-0.15, -0.1) is 0 Å². The van der Waals surface area contributed by atoms with Crippen LogP contribution in [-0.2, 0) is 24.4 Å². The molecule has 30 heavy (non-hydrogen) atoms. The third-order valence-electron chi connectivity index (χ3n) is 3.65. The van der Waals surface area contributed by atoms with Crippen LogP contribution in [0, 0.1) is 0 Å². The molecular formula is C20H20N2O7S. The minimum absolute atomic E-state index is 0.157. The number of rotatable bonds is 8. The van der Waals surface area contributed by atoms with Gasteiger partial charge in [-0.2, -0.15) is 0 Å². The molecule has 0 heterocycles. The van der Waals surface area contributed by atoms with Crippen molar-refractivity contribution in [3.05, 3.63) is 60.2 Å². The number of aliphatic hydroxyl groups is 1. The SMILES string of the molecule is CCOc1ccc(/C(O)=C/C(=O)C(=O)Nc2ccc(S(=O)(=O)NC(C)=O)cc2)cc1. The van der Waals surface area contributed by atoms with Gasteiger partial charge in [-0.25, -0.2) is 13.1 Å². The Morgan fingerprint density at radius 3 is 2.17 bits per heavy atom. The Balaban J connectivity index is 2.05. The second kappa shape index (κ2) is 9.70. The van der Waals surface area contributed by atoms with Crippen LogP contribution in [0.3, 0.4) is 0 Å². The first kappa shape index (κ1) is 22.6. The number of carbonyl (C=O) groups excluding carboxylic acids is 3. The van der Waals surface area contributed by atoms with Crippen molar-refractivity contribution >= 4 is 39.1 Å². The fourth-order valence-electron chi connectivity index (χ4n) is 2.32. The molecule has 0 bridgehead atoms. The highest BCUT2D eigenvalue weighted by molar-refractivity contribution is 7.90. The summed E-state index contributed by atoms with van der Waals surface area (Å²) >= 11 is 0. The Morgan fingerprint density at radius 2 is 1.63 bits per heavy atom. The molecule has 2 rings (SSSR count). The van der Waals surface area contributed by atoms with Crippen molar-refractivity contribution in [2.45, 2.75) is 18.7 Å². The highest BCUT2D eigenvalue weighted by Gasteiger charge is 2.17. The summed E-state index contributed by atoms with van der Waals surface area (Å²) in [7, 11) is -4.01. The summed E-state index contributed by atoms with van der Waals surface area (Å²) in [6.07, 6.45) is 0.778. The predicted octanol–water partition coefficient (Wildman–Crippen LogP) is 2.02. The topological polar surface area (TPSA) is 139 Å². The van der Waals surface area contributed by atoms with Crippen molar-refractivity contribution in [2.75, 3.05) is 11.9 Å². The quantitative estimate of drug-likeness (QED) is 0.329. The molecule has 0 aliphatic carbocycles. The van der Waals surface area contributed by atoms with Crippen LogP contribution in [0.25, 0.3) is 5.76 Å². The normalized spacial score (nSPS) is 11.5. The first-order valence-electron chi connectivity index (χ1n) is 8.75. The first-order valence-corrected chi connectivity index (χ1v) is 10.2. The summed E-state index contributed by atoms with van der Waals surface area (Å²) in [6.45, 7) is 3.38. The third kappa shape index (κ3) is 6.17. The predicted molar refractivity (Wildman–Crippen MR) is 109 cm³/mol. The van der Waals surface area contributed by atoms with E-state index in [1.54, 1.807) is 12.1 Å². The minimum atomic E-state index is -4.01. The van der Waals surface area contributed by atoms with E-state index >= 15 is 0 Å². The van der Waals surface area contributed by atoms with Crippen LogP contribution in [-0.4, -0.2) is 37.7 Å². The summed E-state index contributed by atoms with van der Waals surface area (Å²) < 4.78 is 30.9. The number of amides is 2. The number of carbonyl (C=O) groups is 3. The molecule has 9 nitrogen and oxygen atoms in total. The lowest BCUT2D eigenvalue weighted by Gasteiger charge is -2.07. The summed E-state index contributed by atoms with van der Waals surface area (Å²) in [5.74, 6) is -2.56. The Kier molecular flexibility index (Phi) is 7.32. The fraction of sp³-hybridized carbons (Fsp3) is 0.150. The van der Waals surface area contributed by atoms with E-state index in [0.29, 0.717) is 17.9 Å². The van der Waals surface area contributed by atoms with Crippen molar-refractivity contribution in [3.8, 4) is 5.75 Å². The summed E-state index contributed by atoms with van der Waals surface area (Å²) in [4.78, 5) is 34.8. The lowest BCUT2D eigenvalue weighted by molar-refractivity contribution is -0.131. The maximum Gasteiger partial charge on any atom is 0.296 e. The fourth-order valence-corrected chi connectivity index (χ4v) is 3.31. The molecule has 0 unspecified atom stereocenters. The second-order valence-electron chi connectivity index (χ2n) is 5.99. The van der Waals surface area contributed by atoms with E-state index in [0.717, 1.165) is 13.0 Å². The van der Waals surface area contributed by atoms with Gasteiger partial charge in [0, 0.05) is 24.3 Å². The standard InChI is InChI=1S/C20H20N2O7S/c1-3-29-16-8-4-14(5-9-16)18(24)12-19(25)20(26)21-15-6-10-17(11-7-15)30(27,28)22-13(2)23/h4-12,24H,3H2,1-2H3,(H,21,26)(H,22,23)/b18-12-. The second-order valence-corrected chi connectivity index (χ2v) is 7.67. The molecule has 2 amide bonds. The summed E-state index contributed by atoms with van der Waals surface area (Å²) in [5, 5.41) is 12.3. The highest BCUT2D eigenvalue weighted by Crippen LogP contribution is 2.18. The monoisotopic (exact) mass is 432 g/mol. The van der Waals surface area contributed by atoms with Crippen molar-refractivity contribution < 1.29 is 32.6 Å². The molecule has 158 valence electrons. The van der Waals surface area contributed by atoms with Crippen molar-refractivity contribution in [3.63, 3.8) is 0 Å². The summed E-state index contributed by atoms with van der Waals surface area (Å²) in [6, 6.07) is 11.2. The van der Waals surface area contributed by atoms with Gasteiger partial charge in [-0.1, -0.05) is 0 Å². The number of ether oxygens (including phenoxy) is 1. The maximum atomic E-state index is 12.0. The van der Waals surface area contributed by atoms with Gasteiger partial charge in [0.15, 0.2) is 0 Å². The van der Waals surface area contributed by atoms with Gasteiger partial charge in [0.25, 0.3) is 15.9 Å². The van der Waals surface area contributed by atoms with Crippen molar-refractivity contribution in [2.24, 2.45) is 0 Å². The highest BCUT2D eigenvalue weighted by atomic mass is 32.2. The average Bonchev–Trinajstić information content (AvgIpc) is 2.68. The maximum absolute atomic E-state index is 12.0. The Labute approximate surface area is 173 Å². The zero-order chi connectivity index (χ0) is 22.3. The zero-order valence-corrected chi connectivity index (χ0v) is 17.0. The number of hydrogen-bond acceptors (Lipinski definition) is 7. The largest absolute Gasteiger partial charge is 0.507 e. The molecule has 0 atom stereocenters. The Hall–Kier alpha value is -3.66. The van der Waals surface area contributed by atoms with Gasteiger partial charge in [-0.3, -0.25) is 14.4 Å². The van der Waals surface area contributed by atoms with Crippen LogP contribution in [0.2, 0.25) is 0 Å². The van der Waals surface area contributed by atoms with Crippen LogP contribution in [0.15, 0.2) is 59.5 Å². The minimum Gasteiger partial charge on any atom is -0.507 e. The lowest BCUT2D eigenvalue weighted by atomic mass is 10.1. The van der Waals surface area contributed by atoms with Gasteiger partial charge in [0.1, 0.15) is 11.5 Å². The van der Waals surface area contributed by atoms with Gasteiger partial charge >= 0.3 is 0 Å². The molecule has 0 saturated heterocycles. The molecule has 0 fully saturated rings. The van der Waals surface area contributed by atoms with Gasteiger partial charge in [0.05, 0.1) is 11.5 Å². The molecule has 0 aromatic heterocycles. The molecule has 0 aliphatic heterocycles. The Bertz CT molecular complexity index is 1070. The van der Waals surface area contributed by atoms with Crippen molar-refractivity contribution in [1.82, 2.24) is 4.72 Å². The number of hydrogen-bond donors (Lipinski definition) is 3. The lowest BCUT2D eigenvalue weighted by Crippen LogP contribution is -2.28. The zero-order valence-electron chi connectivity index (χ0n) is 16.2. The number of sulfonamides is 1. The number of ketones is 1. The van der Waals surface area contributed by atoms with E-state index in [1.165, 1.54) is 36.4 Å². The van der Waals surface area contributed by atoms with Gasteiger partial charge < -0.3 is 15.2 Å².